The van der Waals surface area contributed by atoms with Crippen molar-refractivity contribution in [3.05, 3.63) is 29.3 Å². The van der Waals surface area contributed by atoms with Gasteiger partial charge in [0.15, 0.2) is 0 Å². The molecule has 0 spiro atoms. The van der Waals surface area contributed by atoms with Crippen LogP contribution in [-0.2, 0) is 16.0 Å². The molecule has 112 valence electrons. The molecule has 1 unspecified atom stereocenters. The van der Waals surface area contributed by atoms with E-state index >= 15 is 0 Å². The van der Waals surface area contributed by atoms with Crippen molar-refractivity contribution in [3.8, 4) is 0 Å². The van der Waals surface area contributed by atoms with E-state index < -0.39 is 0 Å². The molecule has 1 atom stereocenters. The Morgan fingerprint density at radius 3 is 2.95 bits per heavy atom. The molecule has 0 aliphatic heterocycles. The number of amides is 1. The Morgan fingerprint density at radius 1 is 1.50 bits per heavy atom. The number of ether oxygens (including phenoxy) is 1. The van der Waals surface area contributed by atoms with Crippen LogP contribution in [0.15, 0.2) is 18.2 Å². The number of aryl methyl sites for hydroxylation is 1. The fourth-order valence-electron chi connectivity index (χ4n) is 2.46. The van der Waals surface area contributed by atoms with Crippen molar-refractivity contribution in [2.75, 3.05) is 12.3 Å². The Morgan fingerprint density at radius 2 is 2.25 bits per heavy atom. The van der Waals surface area contributed by atoms with E-state index in [1.54, 1.807) is 0 Å². The van der Waals surface area contributed by atoms with E-state index in [0.29, 0.717) is 0 Å². The summed E-state index contributed by atoms with van der Waals surface area (Å²) in [6, 6.07) is 6.03. The number of halogens is 1. The number of benzene rings is 1. The molecule has 3 N–H and O–H groups in total. The van der Waals surface area contributed by atoms with E-state index in [2.05, 4.69) is 5.32 Å². The van der Waals surface area contributed by atoms with Crippen LogP contribution in [0.1, 0.15) is 43.9 Å². The van der Waals surface area contributed by atoms with Gasteiger partial charge in [-0.2, -0.15) is 0 Å². The number of anilines is 1. The van der Waals surface area contributed by atoms with Gasteiger partial charge in [-0.05, 0) is 56.4 Å². The topological polar surface area (TPSA) is 64.3 Å². The summed E-state index contributed by atoms with van der Waals surface area (Å²) in [5.74, 6) is -0.0524. The van der Waals surface area contributed by atoms with Gasteiger partial charge >= 0.3 is 0 Å². The number of nitrogens with one attached hydrogen (secondary N) is 1. The largest absolute Gasteiger partial charge is 0.399 e. The third-order valence-corrected chi connectivity index (χ3v) is 3.36. The third kappa shape index (κ3) is 4.39. The second-order valence-corrected chi connectivity index (χ2v) is 5.33. The summed E-state index contributed by atoms with van der Waals surface area (Å²) in [7, 11) is 0. The fraction of sp³-hybridized carbons (Fsp3) is 0.533. The van der Waals surface area contributed by atoms with Crippen LogP contribution in [0.3, 0.4) is 0 Å². The number of hydrogen-bond donors (Lipinski definition) is 2. The van der Waals surface area contributed by atoms with Gasteiger partial charge in [0.1, 0.15) is 6.61 Å². The van der Waals surface area contributed by atoms with Crippen LogP contribution >= 0.6 is 12.4 Å². The smallest absolute Gasteiger partial charge is 0.246 e. The molecule has 1 amide bonds. The fourth-order valence-corrected chi connectivity index (χ4v) is 2.46. The van der Waals surface area contributed by atoms with Gasteiger partial charge in [-0.3, -0.25) is 4.79 Å². The molecule has 1 aliphatic rings. The Labute approximate surface area is 126 Å². The second kappa shape index (κ2) is 7.50. The molecule has 1 aromatic carbocycles. The van der Waals surface area contributed by atoms with Crippen LogP contribution in [-0.4, -0.2) is 18.6 Å². The molecule has 4 nitrogen and oxygen atoms in total. The zero-order valence-corrected chi connectivity index (χ0v) is 12.8. The third-order valence-electron chi connectivity index (χ3n) is 3.36. The van der Waals surface area contributed by atoms with Crippen molar-refractivity contribution in [1.82, 2.24) is 5.32 Å². The first kappa shape index (κ1) is 16.8. The molecule has 0 radical (unpaired) electrons. The Balaban J connectivity index is 0.00000200. The maximum absolute atomic E-state index is 11.8. The number of rotatable bonds is 4. The summed E-state index contributed by atoms with van der Waals surface area (Å²) in [6.45, 7) is 3.97. The normalized spacial score (nSPS) is 17.2. The lowest BCUT2D eigenvalue weighted by molar-refractivity contribution is -0.127. The van der Waals surface area contributed by atoms with Gasteiger partial charge in [-0.25, -0.2) is 0 Å². The minimum Gasteiger partial charge on any atom is -0.399 e. The molecule has 0 saturated heterocycles. The summed E-state index contributed by atoms with van der Waals surface area (Å²) in [6.07, 6.45) is 3.16. The number of carbonyl (C=O) groups excluding carboxylic acids is 1. The zero-order chi connectivity index (χ0) is 13.8. The Kier molecular flexibility index (Phi) is 6.30. The van der Waals surface area contributed by atoms with Crippen molar-refractivity contribution in [3.63, 3.8) is 0 Å². The van der Waals surface area contributed by atoms with Crippen LogP contribution in [0, 0.1) is 0 Å². The Bertz CT molecular complexity index is 463. The van der Waals surface area contributed by atoms with Crippen LogP contribution in [0.2, 0.25) is 0 Å². The van der Waals surface area contributed by atoms with Crippen LogP contribution < -0.4 is 11.1 Å². The van der Waals surface area contributed by atoms with Gasteiger partial charge in [0.05, 0.1) is 12.1 Å². The van der Waals surface area contributed by atoms with E-state index in [4.69, 9.17) is 10.5 Å². The number of carbonyl (C=O) groups is 1. The summed E-state index contributed by atoms with van der Waals surface area (Å²) >= 11 is 0. The van der Waals surface area contributed by atoms with Crippen LogP contribution in [0.4, 0.5) is 5.69 Å². The standard InChI is InChI=1S/C15H22N2O2.ClH/c1-10(2)19-9-15(18)17-14-5-3-4-11-8-12(16)6-7-13(11)14;/h6-8,10,14H,3-5,9,16H2,1-2H3,(H,17,18);1H. The number of nitrogens with two attached hydrogens (primary N) is 1. The minimum atomic E-state index is -0.0524. The van der Waals surface area contributed by atoms with E-state index in [0.717, 1.165) is 24.9 Å². The first-order chi connectivity index (χ1) is 9.06. The van der Waals surface area contributed by atoms with Gasteiger partial charge in [0.2, 0.25) is 5.91 Å². The molecule has 1 aliphatic carbocycles. The monoisotopic (exact) mass is 298 g/mol. The second-order valence-electron chi connectivity index (χ2n) is 5.33. The van der Waals surface area contributed by atoms with Gasteiger partial charge in [0.25, 0.3) is 0 Å². The van der Waals surface area contributed by atoms with E-state index in [-0.39, 0.29) is 37.1 Å². The lowest BCUT2D eigenvalue weighted by Crippen LogP contribution is -2.34. The molecule has 0 bridgehead atoms. The molecule has 5 heteroatoms. The molecular formula is C15H23ClN2O2. The molecular weight excluding hydrogens is 276 g/mol. The molecule has 0 saturated carbocycles. The maximum Gasteiger partial charge on any atom is 0.246 e. The van der Waals surface area contributed by atoms with Gasteiger partial charge < -0.3 is 15.8 Å². The van der Waals surface area contributed by atoms with Crippen molar-refractivity contribution >= 4 is 24.0 Å². The van der Waals surface area contributed by atoms with Crippen LogP contribution in [0.5, 0.6) is 0 Å². The average Bonchev–Trinajstić information content (AvgIpc) is 2.36. The van der Waals surface area contributed by atoms with E-state index in [9.17, 15) is 4.79 Å². The highest BCUT2D eigenvalue weighted by atomic mass is 35.5. The lowest BCUT2D eigenvalue weighted by atomic mass is 9.87. The van der Waals surface area contributed by atoms with Crippen molar-refractivity contribution in [2.45, 2.75) is 45.3 Å². The number of fused-ring (bicyclic) bond motifs is 1. The summed E-state index contributed by atoms with van der Waals surface area (Å²) in [4.78, 5) is 11.8. The molecule has 0 aromatic heterocycles. The van der Waals surface area contributed by atoms with E-state index in [1.165, 1.54) is 11.1 Å². The van der Waals surface area contributed by atoms with Gasteiger partial charge in [-0.1, -0.05) is 6.07 Å². The van der Waals surface area contributed by atoms with Crippen LogP contribution in [0.25, 0.3) is 0 Å². The van der Waals surface area contributed by atoms with Crippen molar-refractivity contribution in [2.24, 2.45) is 0 Å². The van der Waals surface area contributed by atoms with Gasteiger partial charge in [0, 0.05) is 5.69 Å². The zero-order valence-electron chi connectivity index (χ0n) is 12.0. The number of nitrogen functional groups attached to an aromatic ring is 1. The molecule has 1 aromatic rings. The summed E-state index contributed by atoms with van der Waals surface area (Å²) in [5, 5.41) is 3.05. The van der Waals surface area contributed by atoms with Crippen molar-refractivity contribution in [1.29, 1.82) is 0 Å². The quantitative estimate of drug-likeness (QED) is 0.840. The Hall–Kier alpha value is -1.26. The summed E-state index contributed by atoms with van der Waals surface area (Å²) < 4.78 is 5.32. The maximum atomic E-state index is 11.8. The van der Waals surface area contributed by atoms with Crippen molar-refractivity contribution < 1.29 is 9.53 Å². The highest BCUT2D eigenvalue weighted by Gasteiger charge is 2.21. The highest BCUT2D eigenvalue weighted by molar-refractivity contribution is 5.85. The van der Waals surface area contributed by atoms with Gasteiger partial charge in [-0.15, -0.1) is 12.4 Å². The highest BCUT2D eigenvalue weighted by Crippen LogP contribution is 2.30. The SMILES string of the molecule is CC(C)OCC(=O)NC1CCCc2cc(N)ccc21.Cl. The molecule has 0 heterocycles. The lowest BCUT2D eigenvalue weighted by Gasteiger charge is -2.26. The first-order valence-electron chi connectivity index (χ1n) is 6.85. The molecule has 2 rings (SSSR count). The molecule has 20 heavy (non-hydrogen) atoms. The summed E-state index contributed by atoms with van der Waals surface area (Å²) in [5.41, 5.74) is 9.03. The minimum absolute atomic E-state index is 0. The first-order valence-corrected chi connectivity index (χ1v) is 6.85. The predicted molar refractivity (Wildman–Crippen MR) is 83.0 cm³/mol. The molecule has 0 fully saturated rings. The predicted octanol–water partition coefficient (Wildman–Crippen LogP) is 2.61. The van der Waals surface area contributed by atoms with E-state index in [1.807, 2.05) is 32.0 Å². The average molecular weight is 299 g/mol. The number of hydrogen-bond acceptors (Lipinski definition) is 3.